The minimum absolute atomic E-state index is 0.0506. The SMILES string of the molecule is Cc1ccc(NC(=O)CSc2nc3ccccc3c(=O)n2-c2ccc(OC(F)F)cc2)c(F)c1. The van der Waals surface area contributed by atoms with Crippen LogP contribution in [-0.2, 0) is 4.79 Å². The fourth-order valence-corrected chi connectivity index (χ4v) is 4.06. The maximum absolute atomic E-state index is 14.1. The number of nitrogens with one attached hydrogen (secondary N) is 1. The molecule has 0 aliphatic carbocycles. The molecule has 0 bridgehead atoms. The Morgan fingerprint density at radius 1 is 1.12 bits per heavy atom. The maximum atomic E-state index is 14.1. The Morgan fingerprint density at radius 2 is 1.85 bits per heavy atom. The number of thioether (sulfide) groups is 1. The number of para-hydroxylation sites is 1. The van der Waals surface area contributed by atoms with E-state index in [4.69, 9.17) is 0 Å². The van der Waals surface area contributed by atoms with E-state index in [2.05, 4.69) is 15.0 Å². The molecule has 4 aromatic rings. The summed E-state index contributed by atoms with van der Waals surface area (Å²) in [5.41, 5.74) is 1.18. The number of ether oxygens (including phenoxy) is 1. The smallest absolute Gasteiger partial charge is 0.387 e. The van der Waals surface area contributed by atoms with Crippen molar-refractivity contribution in [3.8, 4) is 11.4 Å². The van der Waals surface area contributed by atoms with Crippen molar-refractivity contribution >= 4 is 34.3 Å². The molecular weight excluding hydrogens is 467 g/mol. The molecule has 10 heteroatoms. The number of carbonyl (C=O) groups excluding carboxylic acids is 1. The lowest BCUT2D eigenvalue weighted by molar-refractivity contribution is -0.113. The second-order valence-electron chi connectivity index (χ2n) is 7.24. The number of hydrogen-bond donors (Lipinski definition) is 1. The third kappa shape index (κ3) is 5.23. The molecule has 1 aromatic heterocycles. The number of rotatable bonds is 7. The van der Waals surface area contributed by atoms with Gasteiger partial charge in [-0.3, -0.25) is 14.2 Å². The van der Waals surface area contributed by atoms with Gasteiger partial charge in [-0.05, 0) is 61.0 Å². The number of alkyl halides is 2. The highest BCUT2D eigenvalue weighted by Crippen LogP contribution is 2.24. The summed E-state index contributed by atoms with van der Waals surface area (Å²) in [5, 5.41) is 3.07. The van der Waals surface area contributed by atoms with Crippen LogP contribution in [0.1, 0.15) is 5.56 Å². The molecule has 0 fully saturated rings. The normalized spacial score (nSPS) is 11.1. The van der Waals surface area contributed by atoms with Crippen LogP contribution in [0.15, 0.2) is 76.7 Å². The fraction of sp³-hybridized carbons (Fsp3) is 0.125. The summed E-state index contributed by atoms with van der Waals surface area (Å²) >= 11 is 0.988. The molecule has 0 saturated carbocycles. The van der Waals surface area contributed by atoms with E-state index < -0.39 is 18.3 Å². The van der Waals surface area contributed by atoms with Gasteiger partial charge < -0.3 is 10.1 Å². The van der Waals surface area contributed by atoms with E-state index in [1.807, 2.05) is 0 Å². The van der Waals surface area contributed by atoms with Crippen molar-refractivity contribution in [3.63, 3.8) is 0 Å². The van der Waals surface area contributed by atoms with E-state index >= 15 is 0 Å². The molecule has 4 rings (SSSR count). The second kappa shape index (κ2) is 10.0. The first-order chi connectivity index (χ1) is 16.3. The van der Waals surface area contributed by atoms with Gasteiger partial charge in [0, 0.05) is 0 Å². The van der Waals surface area contributed by atoms with E-state index in [-0.39, 0.29) is 27.9 Å². The van der Waals surface area contributed by atoms with Crippen molar-refractivity contribution in [1.82, 2.24) is 9.55 Å². The van der Waals surface area contributed by atoms with Crippen LogP contribution in [0.3, 0.4) is 0 Å². The summed E-state index contributed by atoms with van der Waals surface area (Å²) in [5.74, 6) is -1.24. The van der Waals surface area contributed by atoms with Gasteiger partial charge in [0.2, 0.25) is 5.91 Å². The number of carbonyl (C=O) groups is 1. The van der Waals surface area contributed by atoms with Crippen molar-refractivity contribution < 1.29 is 22.7 Å². The molecule has 1 N–H and O–H groups in total. The highest BCUT2D eigenvalue weighted by molar-refractivity contribution is 7.99. The summed E-state index contributed by atoms with van der Waals surface area (Å²) in [6.45, 7) is -1.24. The molecule has 34 heavy (non-hydrogen) atoms. The monoisotopic (exact) mass is 485 g/mol. The minimum atomic E-state index is -2.97. The van der Waals surface area contributed by atoms with Gasteiger partial charge >= 0.3 is 6.61 Å². The number of halogens is 3. The first-order valence-corrected chi connectivity index (χ1v) is 11.1. The summed E-state index contributed by atoms with van der Waals surface area (Å²) in [4.78, 5) is 30.2. The fourth-order valence-electron chi connectivity index (χ4n) is 3.25. The predicted octanol–water partition coefficient (Wildman–Crippen LogP) is 5.17. The Balaban J connectivity index is 1.64. The zero-order chi connectivity index (χ0) is 24.2. The second-order valence-corrected chi connectivity index (χ2v) is 8.19. The number of aryl methyl sites for hydroxylation is 1. The number of anilines is 1. The van der Waals surface area contributed by atoms with E-state index in [1.54, 1.807) is 37.3 Å². The molecule has 6 nitrogen and oxygen atoms in total. The standard InChI is InChI=1S/C24H18F3N3O3S/c1-14-6-11-20(18(25)12-14)28-21(31)13-34-24-29-19-5-3-2-4-17(19)22(32)30(24)15-7-9-16(10-8-15)33-23(26)27/h2-12,23H,13H2,1H3,(H,28,31). The number of nitrogens with zero attached hydrogens (tertiary/aromatic N) is 2. The van der Waals surface area contributed by atoms with Crippen LogP contribution in [-0.4, -0.2) is 27.8 Å². The predicted molar refractivity (Wildman–Crippen MR) is 124 cm³/mol. The van der Waals surface area contributed by atoms with Crippen molar-refractivity contribution in [2.45, 2.75) is 18.7 Å². The van der Waals surface area contributed by atoms with Gasteiger partial charge in [0.1, 0.15) is 11.6 Å². The number of benzene rings is 3. The molecule has 1 heterocycles. The molecule has 0 saturated heterocycles. The number of aromatic nitrogens is 2. The van der Waals surface area contributed by atoms with Crippen molar-refractivity contribution in [2.75, 3.05) is 11.1 Å². The van der Waals surface area contributed by atoms with E-state index in [1.165, 1.54) is 41.0 Å². The Labute approximate surface area is 196 Å². The molecule has 0 spiro atoms. The van der Waals surface area contributed by atoms with Crippen LogP contribution in [0, 0.1) is 12.7 Å². The molecule has 0 aliphatic heterocycles. The van der Waals surface area contributed by atoms with Crippen molar-refractivity contribution in [1.29, 1.82) is 0 Å². The maximum Gasteiger partial charge on any atom is 0.387 e. The Morgan fingerprint density at radius 3 is 2.56 bits per heavy atom. The number of fused-ring (bicyclic) bond motifs is 1. The van der Waals surface area contributed by atoms with Crippen molar-refractivity contribution in [2.24, 2.45) is 0 Å². The summed E-state index contributed by atoms with van der Waals surface area (Å²) < 4.78 is 44.7. The zero-order valence-corrected chi connectivity index (χ0v) is 18.6. The summed E-state index contributed by atoms with van der Waals surface area (Å²) in [6, 6.07) is 16.7. The van der Waals surface area contributed by atoms with Gasteiger partial charge in [-0.25, -0.2) is 9.37 Å². The molecule has 0 unspecified atom stereocenters. The van der Waals surface area contributed by atoms with Crippen LogP contribution in [0.25, 0.3) is 16.6 Å². The Bertz CT molecular complexity index is 1410. The largest absolute Gasteiger partial charge is 0.435 e. The first-order valence-electron chi connectivity index (χ1n) is 10.1. The lowest BCUT2D eigenvalue weighted by Crippen LogP contribution is -2.23. The molecule has 0 radical (unpaired) electrons. The highest BCUT2D eigenvalue weighted by atomic mass is 32.2. The summed E-state index contributed by atoms with van der Waals surface area (Å²) in [7, 11) is 0. The van der Waals surface area contributed by atoms with Crippen LogP contribution in [0.5, 0.6) is 5.75 Å². The lowest BCUT2D eigenvalue weighted by atomic mass is 10.2. The Kier molecular flexibility index (Phi) is 6.87. The van der Waals surface area contributed by atoms with Gasteiger partial charge in [-0.1, -0.05) is 30.0 Å². The average molecular weight is 485 g/mol. The molecule has 174 valence electrons. The van der Waals surface area contributed by atoms with E-state index in [9.17, 15) is 22.8 Å². The summed E-state index contributed by atoms with van der Waals surface area (Å²) in [6.07, 6.45) is 0. The van der Waals surface area contributed by atoms with Gasteiger partial charge in [-0.15, -0.1) is 0 Å². The topological polar surface area (TPSA) is 73.2 Å². The highest BCUT2D eigenvalue weighted by Gasteiger charge is 2.16. The van der Waals surface area contributed by atoms with Crippen LogP contribution >= 0.6 is 11.8 Å². The molecule has 0 atom stereocenters. The van der Waals surface area contributed by atoms with E-state index in [0.29, 0.717) is 16.6 Å². The average Bonchev–Trinajstić information content (AvgIpc) is 2.80. The molecule has 3 aromatic carbocycles. The quantitative estimate of drug-likeness (QED) is 0.289. The van der Waals surface area contributed by atoms with Gasteiger partial charge in [-0.2, -0.15) is 8.78 Å². The minimum Gasteiger partial charge on any atom is -0.435 e. The van der Waals surface area contributed by atoms with Gasteiger partial charge in [0.25, 0.3) is 5.56 Å². The van der Waals surface area contributed by atoms with Crippen LogP contribution < -0.4 is 15.6 Å². The van der Waals surface area contributed by atoms with Crippen LogP contribution in [0.4, 0.5) is 18.9 Å². The van der Waals surface area contributed by atoms with Gasteiger partial charge in [0.15, 0.2) is 5.16 Å². The zero-order valence-electron chi connectivity index (χ0n) is 17.8. The van der Waals surface area contributed by atoms with E-state index in [0.717, 1.165) is 17.3 Å². The van der Waals surface area contributed by atoms with Crippen LogP contribution in [0.2, 0.25) is 0 Å². The lowest BCUT2D eigenvalue weighted by Gasteiger charge is -2.14. The number of hydrogen-bond acceptors (Lipinski definition) is 5. The third-order valence-corrected chi connectivity index (χ3v) is 5.73. The Hall–Kier alpha value is -3.79. The molecule has 1 amide bonds. The molecular formula is C24H18F3N3O3S. The van der Waals surface area contributed by atoms with Gasteiger partial charge in [0.05, 0.1) is 28.0 Å². The number of amides is 1. The molecule has 0 aliphatic rings. The first kappa shape index (κ1) is 23.4. The van der Waals surface area contributed by atoms with Crippen molar-refractivity contribution in [3.05, 3.63) is 88.5 Å². The third-order valence-electron chi connectivity index (χ3n) is 4.80.